The van der Waals surface area contributed by atoms with Crippen molar-refractivity contribution in [1.29, 1.82) is 0 Å². The third-order valence-electron chi connectivity index (χ3n) is 2.86. The Kier molecular flexibility index (Phi) is 2.74. The third kappa shape index (κ3) is 1.77. The number of rotatable bonds is 2. The van der Waals surface area contributed by atoms with E-state index in [-0.39, 0.29) is 11.9 Å². The predicted molar refractivity (Wildman–Crippen MR) is 48.6 cm³/mol. The van der Waals surface area contributed by atoms with Gasteiger partial charge in [-0.05, 0) is 13.3 Å². The average molecular weight is 200 g/mol. The van der Waals surface area contributed by atoms with Crippen LogP contribution in [0.5, 0.6) is 0 Å². The maximum Gasteiger partial charge on any atom is 0.309 e. The Morgan fingerprint density at radius 1 is 1.50 bits per heavy atom. The highest BCUT2D eigenvalue weighted by Gasteiger charge is 2.46. The molecule has 1 atom stereocenters. The van der Waals surface area contributed by atoms with Crippen molar-refractivity contribution in [3.63, 3.8) is 0 Å². The van der Waals surface area contributed by atoms with Gasteiger partial charge in [0.2, 0.25) is 0 Å². The maximum absolute atomic E-state index is 11.5. The second-order valence-electron chi connectivity index (χ2n) is 3.80. The van der Waals surface area contributed by atoms with Crippen molar-refractivity contribution in [2.24, 2.45) is 5.92 Å². The molecule has 0 radical (unpaired) electrons. The SMILES string of the molecule is CCOC(=O)[C@@H]1CCC2(C1)OCCO2. The summed E-state index contributed by atoms with van der Waals surface area (Å²) in [4.78, 5) is 11.5. The minimum absolute atomic E-state index is 0.0342. The Bertz CT molecular complexity index is 220. The first-order valence-corrected chi connectivity index (χ1v) is 5.20. The molecule has 1 spiro atoms. The summed E-state index contributed by atoms with van der Waals surface area (Å²) in [5, 5.41) is 0. The van der Waals surface area contributed by atoms with Crippen molar-refractivity contribution >= 4 is 5.97 Å². The fraction of sp³-hybridized carbons (Fsp3) is 0.900. The topological polar surface area (TPSA) is 44.8 Å². The lowest BCUT2D eigenvalue weighted by atomic mass is 10.1. The lowest BCUT2D eigenvalue weighted by Crippen LogP contribution is -2.27. The highest BCUT2D eigenvalue weighted by Crippen LogP contribution is 2.41. The molecular weight excluding hydrogens is 184 g/mol. The number of ether oxygens (including phenoxy) is 3. The van der Waals surface area contributed by atoms with Crippen LogP contribution in [0, 0.1) is 5.92 Å². The largest absolute Gasteiger partial charge is 0.466 e. The first-order chi connectivity index (χ1) is 6.76. The molecule has 4 heteroatoms. The molecule has 0 unspecified atom stereocenters. The Morgan fingerprint density at radius 2 is 2.21 bits per heavy atom. The molecule has 1 aliphatic heterocycles. The van der Waals surface area contributed by atoms with Crippen LogP contribution in [0.1, 0.15) is 26.2 Å². The van der Waals surface area contributed by atoms with Crippen LogP contribution in [0.3, 0.4) is 0 Å². The van der Waals surface area contributed by atoms with Gasteiger partial charge in [-0.1, -0.05) is 0 Å². The van der Waals surface area contributed by atoms with E-state index in [0.717, 1.165) is 12.8 Å². The molecule has 2 fully saturated rings. The molecule has 4 nitrogen and oxygen atoms in total. The van der Waals surface area contributed by atoms with Crippen LogP contribution in [0.2, 0.25) is 0 Å². The molecule has 1 heterocycles. The molecule has 14 heavy (non-hydrogen) atoms. The van der Waals surface area contributed by atoms with Gasteiger partial charge in [-0.25, -0.2) is 0 Å². The summed E-state index contributed by atoms with van der Waals surface area (Å²) in [6.45, 7) is 3.57. The standard InChI is InChI=1S/C10H16O4/c1-2-12-9(11)8-3-4-10(7-8)13-5-6-14-10/h8H,2-7H2,1H3/t8-/m1/s1. The van der Waals surface area contributed by atoms with Gasteiger partial charge in [0.15, 0.2) is 5.79 Å². The monoisotopic (exact) mass is 200 g/mol. The molecular formula is C10H16O4. The summed E-state index contributed by atoms with van der Waals surface area (Å²) in [5.74, 6) is -0.603. The molecule has 2 rings (SSSR count). The van der Waals surface area contributed by atoms with Crippen molar-refractivity contribution in [2.75, 3.05) is 19.8 Å². The van der Waals surface area contributed by atoms with E-state index in [4.69, 9.17) is 14.2 Å². The summed E-state index contributed by atoms with van der Waals surface area (Å²) in [7, 11) is 0. The zero-order valence-corrected chi connectivity index (χ0v) is 8.45. The minimum Gasteiger partial charge on any atom is -0.466 e. The fourth-order valence-electron chi connectivity index (χ4n) is 2.19. The molecule has 1 aliphatic carbocycles. The van der Waals surface area contributed by atoms with Gasteiger partial charge in [0.25, 0.3) is 0 Å². The summed E-state index contributed by atoms with van der Waals surface area (Å²) in [6, 6.07) is 0. The summed E-state index contributed by atoms with van der Waals surface area (Å²) in [5.41, 5.74) is 0. The number of hydrogen-bond acceptors (Lipinski definition) is 4. The van der Waals surface area contributed by atoms with Crippen molar-refractivity contribution in [3.8, 4) is 0 Å². The molecule has 0 bridgehead atoms. The van der Waals surface area contributed by atoms with E-state index in [1.807, 2.05) is 6.92 Å². The molecule has 0 aromatic rings. The van der Waals surface area contributed by atoms with E-state index in [9.17, 15) is 4.79 Å². The van der Waals surface area contributed by atoms with Gasteiger partial charge in [0.05, 0.1) is 25.7 Å². The highest BCUT2D eigenvalue weighted by atomic mass is 16.7. The van der Waals surface area contributed by atoms with Crippen LogP contribution in [-0.2, 0) is 19.0 Å². The Labute approximate surface area is 83.5 Å². The lowest BCUT2D eigenvalue weighted by Gasteiger charge is -2.20. The molecule has 0 aromatic heterocycles. The van der Waals surface area contributed by atoms with E-state index >= 15 is 0 Å². The van der Waals surface area contributed by atoms with Gasteiger partial charge in [-0.3, -0.25) is 4.79 Å². The number of carbonyl (C=O) groups excluding carboxylic acids is 1. The number of hydrogen-bond donors (Lipinski definition) is 0. The molecule has 1 saturated carbocycles. The zero-order valence-electron chi connectivity index (χ0n) is 8.45. The Hall–Kier alpha value is -0.610. The minimum atomic E-state index is -0.461. The average Bonchev–Trinajstić information content (AvgIpc) is 2.78. The van der Waals surface area contributed by atoms with Crippen LogP contribution < -0.4 is 0 Å². The molecule has 0 amide bonds. The summed E-state index contributed by atoms with van der Waals surface area (Å²) >= 11 is 0. The van der Waals surface area contributed by atoms with Gasteiger partial charge in [-0.15, -0.1) is 0 Å². The molecule has 1 saturated heterocycles. The number of carbonyl (C=O) groups is 1. The quantitative estimate of drug-likeness (QED) is 0.626. The van der Waals surface area contributed by atoms with E-state index in [0.29, 0.717) is 26.2 Å². The fourth-order valence-corrected chi connectivity index (χ4v) is 2.19. The molecule has 2 aliphatic rings. The van der Waals surface area contributed by atoms with E-state index < -0.39 is 5.79 Å². The van der Waals surface area contributed by atoms with Crippen molar-refractivity contribution in [1.82, 2.24) is 0 Å². The van der Waals surface area contributed by atoms with Crippen LogP contribution in [-0.4, -0.2) is 31.6 Å². The molecule has 0 N–H and O–H groups in total. The van der Waals surface area contributed by atoms with Crippen LogP contribution in [0.4, 0.5) is 0 Å². The van der Waals surface area contributed by atoms with Crippen molar-refractivity contribution in [3.05, 3.63) is 0 Å². The zero-order chi connectivity index (χ0) is 10.0. The van der Waals surface area contributed by atoms with E-state index in [1.165, 1.54) is 0 Å². The summed E-state index contributed by atoms with van der Waals surface area (Å²) in [6.07, 6.45) is 2.29. The molecule has 0 aromatic carbocycles. The second kappa shape index (κ2) is 3.87. The normalized spacial score (nSPS) is 29.6. The van der Waals surface area contributed by atoms with Crippen molar-refractivity contribution < 1.29 is 19.0 Å². The third-order valence-corrected chi connectivity index (χ3v) is 2.86. The van der Waals surface area contributed by atoms with Gasteiger partial charge < -0.3 is 14.2 Å². The Balaban J connectivity index is 1.90. The van der Waals surface area contributed by atoms with Crippen LogP contribution >= 0.6 is 0 Å². The maximum atomic E-state index is 11.5. The van der Waals surface area contributed by atoms with Gasteiger partial charge >= 0.3 is 5.97 Å². The van der Waals surface area contributed by atoms with Crippen molar-refractivity contribution in [2.45, 2.75) is 32.0 Å². The first kappa shape index (κ1) is 9.93. The second-order valence-corrected chi connectivity index (χ2v) is 3.80. The van der Waals surface area contributed by atoms with Gasteiger partial charge in [0.1, 0.15) is 0 Å². The van der Waals surface area contributed by atoms with Gasteiger partial charge in [-0.2, -0.15) is 0 Å². The van der Waals surface area contributed by atoms with E-state index in [1.54, 1.807) is 0 Å². The lowest BCUT2D eigenvalue weighted by molar-refractivity contribution is -0.162. The number of esters is 1. The molecule has 80 valence electrons. The van der Waals surface area contributed by atoms with Crippen LogP contribution in [0.15, 0.2) is 0 Å². The first-order valence-electron chi connectivity index (χ1n) is 5.20. The van der Waals surface area contributed by atoms with Gasteiger partial charge in [0, 0.05) is 12.8 Å². The van der Waals surface area contributed by atoms with Crippen LogP contribution in [0.25, 0.3) is 0 Å². The highest BCUT2D eigenvalue weighted by molar-refractivity contribution is 5.72. The Morgan fingerprint density at radius 3 is 2.86 bits per heavy atom. The predicted octanol–water partition coefficient (Wildman–Crippen LogP) is 1.09. The smallest absolute Gasteiger partial charge is 0.309 e. The van der Waals surface area contributed by atoms with E-state index in [2.05, 4.69) is 0 Å². The summed E-state index contributed by atoms with van der Waals surface area (Å²) < 4.78 is 16.0.